The fourth-order valence-corrected chi connectivity index (χ4v) is 3.54. The number of fused-ring (bicyclic) bond motifs is 1. The summed E-state index contributed by atoms with van der Waals surface area (Å²) in [4.78, 5) is 25.8. The van der Waals surface area contributed by atoms with Crippen molar-refractivity contribution in [3.8, 4) is 16.9 Å². The molecule has 0 aliphatic carbocycles. The van der Waals surface area contributed by atoms with Crippen LogP contribution in [0.4, 0.5) is 14.5 Å². The van der Waals surface area contributed by atoms with Crippen molar-refractivity contribution in [3.63, 3.8) is 0 Å². The molecule has 0 aliphatic rings. The Morgan fingerprint density at radius 1 is 1.03 bits per heavy atom. The molecule has 0 unspecified atom stereocenters. The molecule has 0 atom stereocenters. The first-order chi connectivity index (χ1) is 14.9. The maximum absolute atomic E-state index is 13.9. The molecule has 0 aliphatic heterocycles. The lowest BCUT2D eigenvalue weighted by atomic mass is 10.0. The topological polar surface area (TPSA) is 59.8 Å². The van der Waals surface area contributed by atoms with Gasteiger partial charge in [0.15, 0.2) is 0 Å². The molecule has 5 nitrogen and oxygen atoms in total. The molecule has 2 aromatic carbocycles. The quantitative estimate of drug-likeness (QED) is 0.335. The van der Waals surface area contributed by atoms with Crippen LogP contribution in [-0.2, 0) is 4.79 Å². The smallest absolute Gasteiger partial charge is 0.298 e. The Bertz CT molecular complexity index is 1330. The largest absolute Gasteiger partial charge is 0.495 e. The summed E-state index contributed by atoms with van der Waals surface area (Å²) in [7, 11) is 1.49. The molecule has 0 saturated heterocycles. The second-order valence-electron chi connectivity index (χ2n) is 6.66. The molecule has 1 N–H and O–H groups in total. The van der Waals surface area contributed by atoms with Crippen molar-refractivity contribution in [1.29, 1.82) is 0 Å². The number of nitrogens with one attached hydrogen (secondary N) is 1. The SMILES string of the molecule is COc1ccc(-c2cc3ccccn3c2C(=O)C(=O)Nc2ccc(F)cc2F)cc1Cl. The minimum absolute atomic E-state index is 0.0804. The summed E-state index contributed by atoms with van der Waals surface area (Å²) < 4.78 is 33.8. The van der Waals surface area contributed by atoms with E-state index < -0.39 is 23.3 Å². The molecule has 4 rings (SSSR count). The Morgan fingerprint density at radius 3 is 2.55 bits per heavy atom. The number of pyridine rings is 1. The van der Waals surface area contributed by atoms with Crippen LogP contribution in [0.15, 0.2) is 66.9 Å². The summed E-state index contributed by atoms with van der Waals surface area (Å²) in [6, 6.07) is 14.7. The van der Waals surface area contributed by atoms with Gasteiger partial charge in [-0.05, 0) is 48.0 Å². The van der Waals surface area contributed by atoms with Gasteiger partial charge in [0.1, 0.15) is 23.1 Å². The number of Topliss-reactive ketones (excluding diaryl/α,β-unsaturated/α-hetero) is 1. The Hall–Kier alpha value is -3.71. The molecule has 4 aromatic rings. The number of hydrogen-bond acceptors (Lipinski definition) is 3. The summed E-state index contributed by atoms with van der Waals surface area (Å²) >= 11 is 6.24. The second-order valence-corrected chi connectivity index (χ2v) is 7.07. The van der Waals surface area contributed by atoms with Gasteiger partial charge in [0.2, 0.25) is 0 Å². The number of ether oxygens (including phenoxy) is 1. The van der Waals surface area contributed by atoms with E-state index in [-0.39, 0.29) is 11.4 Å². The summed E-state index contributed by atoms with van der Waals surface area (Å²) in [6.07, 6.45) is 1.64. The molecule has 0 bridgehead atoms. The number of anilines is 1. The molecule has 2 aromatic heterocycles. The fourth-order valence-electron chi connectivity index (χ4n) is 3.29. The van der Waals surface area contributed by atoms with Crippen LogP contribution in [0, 0.1) is 11.6 Å². The van der Waals surface area contributed by atoms with E-state index in [1.54, 1.807) is 53.1 Å². The molecule has 0 fully saturated rings. The Labute approximate surface area is 180 Å². The lowest BCUT2D eigenvalue weighted by Crippen LogP contribution is -2.25. The van der Waals surface area contributed by atoms with Gasteiger partial charge in [-0.25, -0.2) is 8.78 Å². The number of carbonyl (C=O) groups is 2. The zero-order chi connectivity index (χ0) is 22.1. The number of hydrogen-bond donors (Lipinski definition) is 1. The predicted octanol–water partition coefficient (Wildman–Crippen LogP) is 5.37. The van der Waals surface area contributed by atoms with Crippen molar-refractivity contribution < 1.29 is 23.1 Å². The highest BCUT2D eigenvalue weighted by molar-refractivity contribution is 6.47. The standard InChI is InChI=1S/C23H15ClF2N2O3/c1-31-20-8-5-13(10-17(20)24)16-12-15-4-2-3-9-28(15)21(16)22(29)23(30)27-19-7-6-14(25)11-18(19)26/h2-12H,1H3,(H,27,30). The van der Waals surface area contributed by atoms with Crippen molar-refractivity contribution >= 4 is 34.5 Å². The van der Waals surface area contributed by atoms with Crippen molar-refractivity contribution in [2.75, 3.05) is 12.4 Å². The third-order valence-electron chi connectivity index (χ3n) is 4.74. The van der Waals surface area contributed by atoms with E-state index in [1.165, 1.54) is 7.11 Å². The Kier molecular flexibility index (Phi) is 5.44. The van der Waals surface area contributed by atoms with Crippen molar-refractivity contribution in [1.82, 2.24) is 4.40 Å². The van der Waals surface area contributed by atoms with Gasteiger partial charge in [0, 0.05) is 23.3 Å². The first-order valence-corrected chi connectivity index (χ1v) is 9.51. The van der Waals surface area contributed by atoms with Crippen LogP contribution in [-0.4, -0.2) is 23.2 Å². The maximum Gasteiger partial charge on any atom is 0.298 e. The average molecular weight is 441 g/mol. The van der Waals surface area contributed by atoms with Crippen LogP contribution in [0.25, 0.3) is 16.6 Å². The number of rotatable bonds is 5. The first-order valence-electron chi connectivity index (χ1n) is 9.14. The van der Waals surface area contributed by atoms with E-state index >= 15 is 0 Å². The van der Waals surface area contributed by atoms with Crippen LogP contribution >= 0.6 is 11.6 Å². The van der Waals surface area contributed by atoms with E-state index in [0.717, 1.165) is 12.1 Å². The summed E-state index contributed by atoms with van der Waals surface area (Å²) in [5, 5.41) is 2.55. The lowest BCUT2D eigenvalue weighted by molar-refractivity contribution is -0.112. The molecular formula is C23H15ClF2N2O3. The molecule has 0 radical (unpaired) electrons. The minimum Gasteiger partial charge on any atom is -0.495 e. The number of aromatic nitrogens is 1. The fraction of sp³-hybridized carbons (Fsp3) is 0.0435. The van der Waals surface area contributed by atoms with E-state index in [1.807, 2.05) is 0 Å². The Balaban J connectivity index is 1.79. The van der Waals surface area contributed by atoms with Crippen molar-refractivity contribution in [2.45, 2.75) is 0 Å². The minimum atomic E-state index is -1.06. The van der Waals surface area contributed by atoms with Crippen LogP contribution in [0.1, 0.15) is 10.5 Å². The monoisotopic (exact) mass is 440 g/mol. The predicted molar refractivity (Wildman–Crippen MR) is 114 cm³/mol. The third kappa shape index (κ3) is 3.87. The number of halogens is 3. The zero-order valence-electron chi connectivity index (χ0n) is 16.2. The number of benzene rings is 2. The highest BCUT2D eigenvalue weighted by atomic mass is 35.5. The van der Waals surface area contributed by atoms with E-state index in [4.69, 9.17) is 16.3 Å². The van der Waals surface area contributed by atoms with Gasteiger partial charge in [0.05, 0.1) is 17.8 Å². The number of nitrogens with zero attached hydrogens (tertiary/aromatic N) is 1. The van der Waals surface area contributed by atoms with Gasteiger partial charge >= 0.3 is 0 Å². The van der Waals surface area contributed by atoms with Crippen LogP contribution < -0.4 is 10.1 Å². The number of carbonyl (C=O) groups excluding carboxylic acids is 2. The summed E-state index contributed by atoms with van der Waals surface area (Å²) in [5.74, 6) is -3.26. The number of amides is 1. The van der Waals surface area contributed by atoms with Gasteiger partial charge < -0.3 is 14.5 Å². The molecule has 2 heterocycles. The molecule has 1 amide bonds. The Morgan fingerprint density at radius 2 is 1.84 bits per heavy atom. The first kappa shape index (κ1) is 20.6. The molecule has 156 valence electrons. The molecule has 8 heteroatoms. The maximum atomic E-state index is 13.9. The summed E-state index contributed by atoms with van der Waals surface area (Å²) in [5.41, 5.74) is 1.52. The van der Waals surface area contributed by atoms with Crippen LogP contribution in [0.3, 0.4) is 0 Å². The van der Waals surface area contributed by atoms with Gasteiger partial charge in [-0.3, -0.25) is 9.59 Å². The summed E-state index contributed by atoms with van der Waals surface area (Å²) in [6.45, 7) is 0. The van der Waals surface area contributed by atoms with E-state index in [0.29, 0.717) is 33.5 Å². The van der Waals surface area contributed by atoms with Gasteiger partial charge in [-0.2, -0.15) is 0 Å². The normalized spacial score (nSPS) is 10.8. The average Bonchev–Trinajstić information content (AvgIpc) is 3.14. The zero-order valence-corrected chi connectivity index (χ0v) is 16.9. The molecule has 0 spiro atoms. The molecule has 31 heavy (non-hydrogen) atoms. The molecular weight excluding hydrogens is 426 g/mol. The number of methoxy groups -OCH3 is 1. The van der Waals surface area contributed by atoms with Crippen molar-refractivity contribution in [2.24, 2.45) is 0 Å². The van der Waals surface area contributed by atoms with E-state index in [9.17, 15) is 18.4 Å². The van der Waals surface area contributed by atoms with Gasteiger partial charge in [0.25, 0.3) is 11.7 Å². The second kappa shape index (κ2) is 8.20. The lowest BCUT2D eigenvalue weighted by Gasteiger charge is -2.09. The number of ketones is 1. The van der Waals surface area contributed by atoms with Gasteiger partial charge in [-0.1, -0.05) is 23.7 Å². The highest BCUT2D eigenvalue weighted by Crippen LogP contribution is 2.34. The van der Waals surface area contributed by atoms with Crippen LogP contribution in [0.2, 0.25) is 5.02 Å². The van der Waals surface area contributed by atoms with Crippen molar-refractivity contribution in [3.05, 3.63) is 89.2 Å². The third-order valence-corrected chi connectivity index (χ3v) is 5.04. The highest BCUT2D eigenvalue weighted by Gasteiger charge is 2.26. The van der Waals surface area contributed by atoms with E-state index in [2.05, 4.69) is 5.32 Å². The molecule has 0 saturated carbocycles. The van der Waals surface area contributed by atoms with Crippen LogP contribution in [0.5, 0.6) is 5.75 Å². The van der Waals surface area contributed by atoms with Gasteiger partial charge in [-0.15, -0.1) is 0 Å².